The highest BCUT2D eigenvalue weighted by atomic mass is 32.1. The fourth-order valence-electron chi connectivity index (χ4n) is 3.28. The molecule has 0 aliphatic carbocycles. The van der Waals surface area contributed by atoms with Crippen LogP contribution in [0.25, 0.3) is 10.2 Å². The number of amides is 2. The van der Waals surface area contributed by atoms with E-state index in [1.807, 2.05) is 29.2 Å². The van der Waals surface area contributed by atoms with Gasteiger partial charge in [-0.15, -0.1) is 0 Å². The minimum atomic E-state index is -0.0855. The molecule has 0 atom stereocenters. The molecule has 1 fully saturated rings. The molecule has 1 aliphatic rings. The van der Waals surface area contributed by atoms with Crippen molar-refractivity contribution in [1.82, 2.24) is 14.8 Å². The van der Waals surface area contributed by atoms with Crippen LogP contribution < -0.4 is 5.32 Å². The number of piperazine rings is 1. The van der Waals surface area contributed by atoms with Gasteiger partial charge in [-0.25, -0.2) is 4.98 Å². The van der Waals surface area contributed by atoms with Gasteiger partial charge >= 0.3 is 0 Å². The number of hydrogen-bond acceptors (Lipinski definition) is 7. The number of carbonyl (C=O) groups excluding carboxylic acids is 3. The summed E-state index contributed by atoms with van der Waals surface area (Å²) < 4.78 is 1.05. The normalized spacial score (nSPS) is 14.9. The molecule has 1 aliphatic heterocycles. The van der Waals surface area contributed by atoms with E-state index in [4.69, 9.17) is 0 Å². The highest BCUT2D eigenvalue weighted by molar-refractivity contribution is 7.81. The van der Waals surface area contributed by atoms with Gasteiger partial charge in [0.25, 0.3) is 0 Å². The van der Waals surface area contributed by atoms with Crippen molar-refractivity contribution >= 4 is 56.9 Å². The van der Waals surface area contributed by atoms with E-state index in [0.717, 1.165) is 23.1 Å². The largest absolute Gasteiger partial charge is 0.340 e. The number of thiol groups is 1. The third-order valence-corrected chi connectivity index (χ3v) is 6.21. The molecule has 9 heteroatoms. The van der Waals surface area contributed by atoms with Gasteiger partial charge in [0.05, 0.1) is 16.8 Å². The molecule has 29 heavy (non-hydrogen) atoms. The lowest BCUT2D eigenvalue weighted by atomic mass is 10.1. The predicted molar refractivity (Wildman–Crippen MR) is 119 cm³/mol. The van der Waals surface area contributed by atoms with Gasteiger partial charge in [-0.05, 0) is 25.0 Å². The molecule has 2 amide bonds. The van der Waals surface area contributed by atoms with Gasteiger partial charge in [-0.3, -0.25) is 19.3 Å². The Balaban J connectivity index is 1.36. The first-order chi connectivity index (χ1) is 14.0. The summed E-state index contributed by atoms with van der Waals surface area (Å²) >= 11 is 5.42. The number of unbranched alkanes of at least 4 members (excludes halogenated alkanes) is 1. The number of rotatable bonds is 9. The number of ketones is 1. The average molecular weight is 435 g/mol. The van der Waals surface area contributed by atoms with Crippen molar-refractivity contribution in [3.63, 3.8) is 0 Å². The van der Waals surface area contributed by atoms with Crippen molar-refractivity contribution < 1.29 is 14.4 Å². The Morgan fingerprint density at radius 3 is 2.52 bits per heavy atom. The van der Waals surface area contributed by atoms with Gasteiger partial charge < -0.3 is 10.2 Å². The molecule has 0 radical (unpaired) electrons. The van der Waals surface area contributed by atoms with Crippen LogP contribution in [0.2, 0.25) is 0 Å². The number of hydrogen-bond donors (Lipinski definition) is 2. The van der Waals surface area contributed by atoms with Crippen LogP contribution in [0, 0.1) is 0 Å². The lowest BCUT2D eigenvalue weighted by Crippen LogP contribution is -2.50. The summed E-state index contributed by atoms with van der Waals surface area (Å²) in [5.41, 5.74) is 0.884. The zero-order chi connectivity index (χ0) is 20.6. The van der Waals surface area contributed by atoms with E-state index in [2.05, 4.69) is 27.8 Å². The van der Waals surface area contributed by atoms with E-state index >= 15 is 0 Å². The average Bonchev–Trinajstić information content (AvgIpc) is 3.13. The molecule has 1 N–H and O–H groups in total. The number of benzene rings is 1. The van der Waals surface area contributed by atoms with Crippen LogP contribution in [-0.4, -0.2) is 70.9 Å². The third-order valence-electron chi connectivity index (χ3n) is 4.91. The number of aromatic nitrogens is 1. The van der Waals surface area contributed by atoms with Crippen LogP contribution in [-0.2, 0) is 14.4 Å². The van der Waals surface area contributed by atoms with Crippen molar-refractivity contribution in [2.75, 3.05) is 43.8 Å². The molecule has 7 nitrogen and oxygen atoms in total. The van der Waals surface area contributed by atoms with Crippen molar-refractivity contribution in [2.24, 2.45) is 0 Å². The molecule has 1 aromatic heterocycles. The molecular weight excluding hydrogens is 408 g/mol. The van der Waals surface area contributed by atoms with Crippen molar-refractivity contribution in [3.8, 4) is 0 Å². The zero-order valence-electron chi connectivity index (χ0n) is 16.3. The minimum absolute atomic E-state index is 0.0855. The van der Waals surface area contributed by atoms with E-state index in [9.17, 15) is 14.4 Å². The second kappa shape index (κ2) is 10.7. The molecule has 0 bridgehead atoms. The van der Waals surface area contributed by atoms with Gasteiger partial charge in [-0.2, -0.15) is 12.6 Å². The first-order valence-electron chi connectivity index (χ1n) is 9.83. The van der Waals surface area contributed by atoms with Crippen LogP contribution in [0.5, 0.6) is 0 Å². The van der Waals surface area contributed by atoms with Gasteiger partial charge in [0.15, 0.2) is 5.13 Å². The molecule has 2 aromatic rings. The number of anilines is 1. The van der Waals surface area contributed by atoms with Crippen LogP contribution in [0.4, 0.5) is 5.13 Å². The number of thiazole rings is 1. The van der Waals surface area contributed by atoms with E-state index in [-0.39, 0.29) is 23.4 Å². The molecule has 156 valence electrons. The Kier molecular flexibility index (Phi) is 8.02. The quantitative estimate of drug-likeness (QED) is 0.468. The molecule has 2 heterocycles. The topological polar surface area (TPSA) is 82.6 Å². The summed E-state index contributed by atoms with van der Waals surface area (Å²) in [7, 11) is 0. The molecule has 0 spiro atoms. The van der Waals surface area contributed by atoms with Crippen molar-refractivity contribution in [1.29, 1.82) is 0 Å². The maximum absolute atomic E-state index is 12.3. The van der Waals surface area contributed by atoms with E-state index in [1.54, 1.807) is 0 Å². The number of Topliss-reactive ketones (excluding diaryl/α,β-unsaturated/α-hetero) is 1. The molecular formula is C20H26N4O3S2. The van der Waals surface area contributed by atoms with Crippen LogP contribution in [0.1, 0.15) is 25.7 Å². The minimum Gasteiger partial charge on any atom is -0.340 e. The number of nitrogens with zero attached hydrogens (tertiary/aromatic N) is 3. The Labute approximate surface area is 179 Å². The van der Waals surface area contributed by atoms with Gasteiger partial charge in [0.2, 0.25) is 11.8 Å². The van der Waals surface area contributed by atoms with E-state index in [1.165, 1.54) is 11.3 Å². The fourth-order valence-corrected chi connectivity index (χ4v) is 4.32. The Bertz CT molecular complexity index is 829. The molecule has 0 saturated carbocycles. The Hall–Kier alpha value is -1.97. The highest BCUT2D eigenvalue weighted by Crippen LogP contribution is 2.25. The maximum Gasteiger partial charge on any atom is 0.240 e. The fraction of sp³-hybridized carbons (Fsp3) is 0.500. The van der Waals surface area contributed by atoms with E-state index < -0.39 is 0 Å². The zero-order valence-corrected chi connectivity index (χ0v) is 18.0. The van der Waals surface area contributed by atoms with Gasteiger partial charge in [0.1, 0.15) is 5.78 Å². The summed E-state index contributed by atoms with van der Waals surface area (Å²) in [4.78, 5) is 44.2. The maximum atomic E-state index is 12.3. The first-order valence-corrected chi connectivity index (χ1v) is 11.3. The summed E-state index contributed by atoms with van der Waals surface area (Å²) in [6, 6.07) is 7.79. The standard InChI is InChI=1S/C20H26N4O3S2/c25-15(14-28)5-1-4-8-19(27)24-11-9-23(10-12-24)13-18(26)22-20-21-16-6-2-3-7-17(16)29-20/h2-3,6-7,28H,1,4-5,8-14H2,(H,21,22,26). The SMILES string of the molecule is O=C(CS)CCCCC(=O)N1CCN(CC(=O)Nc2nc3ccccc3s2)CC1. The highest BCUT2D eigenvalue weighted by Gasteiger charge is 2.22. The van der Waals surface area contributed by atoms with Crippen LogP contribution in [0.3, 0.4) is 0 Å². The molecule has 0 unspecified atom stereocenters. The third kappa shape index (κ3) is 6.52. The predicted octanol–water partition coefficient (Wildman–Crippen LogP) is 2.44. The lowest BCUT2D eigenvalue weighted by molar-refractivity contribution is -0.133. The number of para-hydroxylation sites is 1. The molecule has 3 rings (SSSR count). The Morgan fingerprint density at radius 2 is 1.79 bits per heavy atom. The number of fused-ring (bicyclic) bond motifs is 1. The summed E-state index contributed by atoms with van der Waals surface area (Å²) in [6.45, 7) is 2.91. The smallest absolute Gasteiger partial charge is 0.240 e. The Morgan fingerprint density at radius 1 is 1.07 bits per heavy atom. The van der Waals surface area contributed by atoms with Gasteiger partial charge in [0, 0.05) is 44.8 Å². The molecule has 1 aromatic carbocycles. The van der Waals surface area contributed by atoms with Gasteiger partial charge in [-0.1, -0.05) is 23.5 Å². The van der Waals surface area contributed by atoms with Crippen LogP contribution >= 0.6 is 24.0 Å². The number of carbonyl (C=O) groups is 3. The second-order valence-electron chi connectivity index (χ2n) is 7.10. The van der Waals surface area contributed by atoms with Crippen LogP contribution in [0.15, 0.2) is 24.3 Å². The van der Waals surface area contributed by atoms with E-state index in [0.29, 0.717) is 50.7 Å². The van der Waals surface area contributed by atoms with Crippen molar-refractivity contribution in [3.05, 3.63) is 24.3 Å². The summed E-state index contributed by atoms with van der Waals surface area (Å²) in [6.07, 6.45) is 2.42. The monoisotopic (exact) mass is 434 g/mol. The van der Waals surface area contributed by atoms with Crippen molar-refractivity contribution in [2.45, 2.75) is 25.7 Å². The first kappa shape index (κ1) is 21.7. The molecule has 1 saturated heterocycles. The summed E-state index contributed by atoms with van der Waals surface area (Å²) in [5, 5.41) is 3.49. The number of nitrogens with one attached hydrogen (secondary N) is 1. The summed E-state index contributed by atoms with van der Waals surface area (Å²) in [5.74, 6) is 0.431. The lowest BCUT2D eigenvalue weighted by Gasteiger charge is -2.34. The second-order valence-corrected chi connectivity index (χ2v) is 8.44.